The van der Waals surface area contributed by atoms with Crippen LogP contribution in [0.2, 0.25) is 0 Å². The van der Waals surface area contributed by atoms with Crippen LogP contribution in [0.25, 0.3) is 0 Å². The lowest BCUT2D eigenvalue weighted by Gasteiger charge is -2.21. The van der Waals surface area contributed by atoms with E-state index < -0.39 is 17.6 Å². The van der Waals surface area contributed by atoms with Crippen molar-refractivity contribution in [3.05, 3.63) is 0 Å². The van der Waals surface area contributed by atoms with Gasteiger partial charge in [0.1, 0.15) is 0 Å². The fraction of sp³-hybridized carbons (Fsp3) is 1.00. The summed E-state index contributed by atoms with van der Waals surface area (Å²) in [4.78, 5) is 0. The first-order chi connectivity index (χ1) is 6.67. The fourth-order valence-electron chi connectivity index (χ4n) is 1.20. The van der Waals surface area contributed by atoms with Gasteiger partial charge in [-0.1, -0.05) is 0 Å². The van der Waals surface area contributed by atoms with Crippen molar-refractivity contribution >= 4 is 11.3 Å². The molecule has 1 N–H and O–H groups in total. The van der Waals surface area contributed by atoms with Gasteiger partial charge in [-0.2, -0.15) is 4.31 Å². The van der Waals surface area contributed by atoms with Gasteiger partial charge in [-0.05, 0) is 18.8 Å². The first-order valence-electron chi connectivity index (χ1n) is 4.59. The Bertz CT molecular complexity index is 194. The van der Waals surface area contributed by atoms with E-state index in [1.165, 1.54) is 18.5 Å². The van der Waals surface area contributed by atoms with Gasteiger partial charge < -0.3 is 9.47 Å². The van der Waals surface area contributed by atoms with Crippen molar-refractivity contribution in [2.45, 2.75) is 19.1 Å². The maximum Gasteiger partial charge on any atom is 0.234 e. The average molecular weight is 223 g/mol. The maximum atomic E-state index is 11.0. The lowest BCUT2D eigenvalue weighted by atomic mass is 10.4. The van der Waals surface area contributed by atoms with Crippen LogP contribution in [0.4, 0.5) is 0 Å². The van der Waals surface area contributed by atoms with Gasteiger partial charge >= 0.3 is 0 Å². The first-order valence-corrected chi connectivity index (χ1v) is 5.65. The number of ether oxygens (including phenoxy) is 2. The summed E-state index contributed by atoms with van der Waals surface area (Å²) < 4.78 is 31.4. The van der Waals surface area contributed by atoms with Crippen LogP contribution >= 0.6 is 0 Å². The molecule has 6 heteroatoms. The van der Waals surface area contributed by atoms with Crippen LogP contribution in [0.3, 0.4) is 0 Å². The van der Waals surface area contributed by atoms with E-state index in [0.717, 1.165) is 12.8 Å². The van der Waals surface area contributed by atoms with Gasteiger partial charge in [0, 0.05) is 20.8 Å². The Morgan fingerprint density at radius 1 is 1.50 bits per heavy atom. The smallest absolute Gasteiger partial charge is 0.234 e. The largest absolute Gasteiger partial charge is 0.355 e. The Labute approximate surface area is 86.8 Å². The van der Waals surface area contributed by atoms with E-state index in [9.17, 15) is 4.21 Å². The molecule has 0 saturated heterocycles. The molecule has 1 aliphatic carbocycles. The molecule has 1 atom stereocenters. The summed E-state index contributed by atoms with van der Waals surface area (Å²) in [5, 5.41) is 0. The van der Waals surface area contributed by atoms with E-state index in [4.69, 9.17) is 14.0 Å². The minimum Gasteiger partial charge on any atom is -0.355 e. The quantitative estimate of drug-likeness (QED) is 0.503. The Morgan fingerprint density at radius 3 is 2.43 bits per heavy atom. The predicted octanol–water partition coefficient (Wildman–Crippen LogP) is 0.454. The molecule has 1 unspecified atom stereocenters. The molecular formula is C8H17NO4S. The van der Waals surface area contributed by atoms with E-state index in [1.54, 1.807) is 0 Å². The summed E-state index contributed by atoms with van der Waals surface area (Å²) in [6, 6.07) is 0. The van der Waals surface area contributed by atoms with E-state index in [-0.39, 0.29) is 0 Å². The van der Waals surface area contributed by atoms with Crippen LogP contribution in [0, 0.1) is 5.92 Å². The van der Waals surface area contributed by atoms with Crippen LogP contribution in [0.5, 0.6) is 0 Å². The summed E-state index contributed by atoms with van der Waals surface area (Å²) >= 11 is -1.93. The molecule has 84 valence electrons. The highest BCUT2D eigenvalue weighted by atomic mass is 32.2. The molecular weight excluding hydrogens is 206 g/mol. The third-order valence-corrected chi connectivity index (χ3v) is 3.00. The highest BCUT2D eigenvalue weighted by molar-refractivity contribution is 7.76. The molecule has 0 spiro atoms. The van der Waals surface area contributed by atoms with Crippen molar-refractivity contribution in [3.8, 4) is 0 Å². The monoisotopic (exact) mass is 223 g/mol. The van der Waals surface area contributed by atoms with Gasteiger partial charge in [0.15, 0.2) is 6.29 Å². The third kappa shape index (κ3) is 4.02. The lowest BCUT2D eigenvalue weighted by molar-refractivity contribution is -0.108. The Balaban J connectivity index is 2.36. The summed E-state index contributed by atoms with van der Waals surface area (Å²) in [6.07, 6.45) is 1.86. The topological polar surface area (TPSA) is 59.0 Å². The Hall–Kier alpha value is -0.0100. The number of hydrogen-bond acceptors (Lipinski definition) is 3. The number of nitrogens with zero attached hydrogens (tertiary/aromatic N) is 1. The fourth-order valence-corrected chi connectivity index (χ4v) is 1.79. The molecule has 0 radical (unpaired) electrons. The molecule has 0 aromatic carbocycles. The van der Waals surface area contributed by atoms with Gasteiger partial charge in [-0.25, -0.2) is 4.21 Å². The first kappa shape index (κ1) is 12.1. The molecule has 0 aromatic rings. The normalized spacial score (nSPS) is 19.2. The molecule has 0 heterocycles. The Morgan fingerprint density at radius 2 is 2.07 bits per heavy atom. The zero-order valence-electron chi connectivity index (χ0n) is 8.51. The number of rotatable bonds is 7. The van der Waals surface area contributed by atoms with Crippen LogP contribution in [0.15, 0.2) is 0 Å². The van der Waals surface area contributed by atoms with E-state index in [2.05, 4.69) is 0 Å². The molecule has 0 aromatic heterocycles. The summed E-state index contributed by atoms with van der Waals surface area (Å²) in [7, 11) is 3.04. The van der Waals surface area contributed by atoms with Crippen molar-refractivity contribution in [1.82, 2.24) is 4.31 Å². The summed E-state index contributed by atoms with van der Waals surface area (Å²) in [6.45, 7) is 0.971. The molecule has 14 heavy (non-hydrogen) atoms. The van der Waals surface area contributed by atoms with Gasteiger partial charge in [-0.3, -0.25) is 4.55 Å². The summed E-state index contributed by atoms with van der Waals surface area (Å²) in [5.41, 5.74) is 0. The van der Waals surface area contributed by atoms with Crippen molar-refractivity contribution in [3.63, 3.8) is 0 Å². The molecule has 1 rings (SSSR count). The van der Waals surface area contributed by atoms with E-state index >= 15 is 0 Å². The standard InChI is InChI=1S/C8H17NO4S/c1-12-8(13-2)6-9(14(10)11)5-7-3-4-7/h7-8H,3-6H2,1-2H3,(H,10,11). The number of hydrogen-bond donors (Lipinski definition) is 1. The van der Waals surface area contributed by atoms with Gasteiger partial charge in [0.05, 0.1) is 6.54 Å². The molecule has 0 aliphatic heterocycles. The minimum atomic E-state index is -1.93. The SMILES string of the molecule is COC(CN(CC1CC1)S(=O)O)OC. The lowest BCUT2D eigenvalue weighted by Crippen LogP contribution is -2.36. The van der Waals surface area contributed by atoms with Crippen molar-refractivity contribution in [2.24, 2.45) is 5.92 Å². The Kier molecular flexibility index (Phi) is 4.97. The molecule has 1 aliphatic rings. The second kappa shape index (κ2) is 5.77. The third-order valence-electron chi connectivity index (χ3n) is 2.26. The molecule has 0 bridgehead atoms. The highest BCUT2D eigenvalue weighted by Crippen LogP contribution is 2.30. The molecule has 0 amide bonds. The van der Waals surface area contributed by atoms with Gasteiger partial charge in [0.2, 0.25) is 11.3 Å². The maximum absolute atomic E-state index is 11.0. The van der Waals surface area contributed by atoms with Crippen molar-refractivity contribution in [1.29, 1.82) is 0 Å². The van der Waals surface area contributed by atoms with Crippen molar-refractivity contribution in [2.75, 3.05) is 27.3 Å². The number of methoxy groups -OCH3 is 2. The molecule has 1 fully saturated rings. The van der Waals surface area contributed by atoms with Crippen LogP contribution < -0.4 is 0 Å². The predicted molar refractivity (Wildman–Crippen MR) is 52.9 cm³/mol. The second-order valence-corrected chi connectivity index (χ2v) is 4.40. The average Bonchev–Trinajstić information content (AvgIpc) is 2.95. The zero-order chi connectivity index (χ0) is 10.6. The second-order valence-electron chi connectivity index (χ2n) is 3.42. The van der Waals surface area contributed by atoms with Gasteiger partial charge in [-0.15, -0.1) is 0 Å². The van der Waals surface area contributed by atoms with Crippen molar-refractivity contribution < 1.29 is 18.2 Å². The molecule has 1 saturated carbocycles. The van der Waals surface area contributed by atoms with Crippen LogP contribution in [-0.2, 0) is 20.7 Å². The highest BCUT2D eigenvalue weighted by Gasteiger charge is 2.28. The minimum absolute atomic E-state index is 0.326. The van der Waals surface area contributed by atoms with E-state index in [1.807, 2.05) is 0 Å². The van der Waals surface area contributed by atoms with Gasteiger partial charge in [0.25, 0.3) is 0 Å². The van der Waals surface area contributed by atoms with Crippen LogP contribution in [-0.4, -0.2) is 46.7 Å². The molecule has 5 nitrogen and oxygen atoms in total. The van der Waals surface area contributed by atoms with Crippen LogP contribution in [0.1, 0.15) is 12.8 Å². The zero-order valence-corrected chi connectivity index (χ0v) is 9.33. The van der Waals surface area contributed by atoms with E-state index in [0.29, 0.717) is 19.0 Å². The summed E-state index contributed by atoms with van der Waals surface area (Å²) in [5.74, 6) is 0.570.